The smallest absolute Gasteiger partial charge is 0.131 e. The molecule has 0 saturated carbocycles. The van der Waals surface area contributed by atoms with Crippen LogP contribution in [-0.4, -0.2) is 14.5 Å². The fraction of sp³-hybridized carbons (Fsp3) is 0.333. The molecular formula is C12H15ClN4. The van der Waals surface area contributed by atoms with Crippen molar-refractivity contribution in [3.8, 4) is 0 Å². The number of hydrogen-bond acceptors (Lipinski definition) is 3. The fourth-order valence-electron chi connectivity index (χ4n) is 1.74. The van der Waals surface area contributed by atoms with E-state index in [0.29, 0.717) is 11.7 Å². The molecule has 2 aromatic heterocycles. The number of nitrogens with two attached hydrogens (primary N) is 1. The molecule has 0 radical (unpaired) electrons. The molecule has 0 bridgehead atoms. The van der Waals surface area contributed by atoms with Crippen LogP contribution in [0.3, 0.4) is 0 Å². The molecule has 0 spiro atoms. The minimum absolute atomic E-state index is 0.408. The van der Waals surface area contributed by atoms with E-state index in [9.17, 15) is 0 Å². The highest BCUT2D eigenvalue weighted by molar-refractivity contribution is 6.30. The summed E-state index contributed by atoms with van der Waals surface area (Å²) in [6.07, 6.45) is 5.31. The molecule has 2 N–H and O–H groups in total. The number of rotatable bonds is 4. The first-order valence-corrected chi connectivity index (χ1v) is 5.89. The minimum Gasteiger partial charge on any atom is -0.324 e. The standard InChI is InChI=1S/C12H15ClN4/c1-17-11(8-14)16-10(12(17)13)3-2-9-4-6-15-7-5-9/h4-7H,2-3,8,14H2,1H3. The predicted octanol–water partition coefficient (Wildman–Crippen LogP) is 1.71. The number of pyridine rings is 1. The lowest BCUT2D eigenvalue weighted by atomic mass is 10.1. The summed E-state index contributed by atoms with van der Waals surface area (Å²) in [7, 11) is 1.88. The maximum Gasteiger partial charge on any atom is 0.131 e. The number of hydrogen-bond donors (Lipinski definition) is 1. The van der Waals surface area contributed by atoms with Crippen LogP contribution in [0.1, 0.15) is 17.1 Å². The van der Waals surface area contributed by atoms with Crippen molar-refractivity contribution in [2.24, 2.45) is 12.8 Å². The second-order valence-corrected chi connectivity index (χ2v) is 4.24. The van der Waals surface area contributed by atoms with Gasteiger partial charge in [-0.05, 0) is 30.5 Å². The highest BCUT2D eigenvalue weighted by Crippen LogP contribution is 2.18. The van der Waals surface area contributed by atoms with Gasteiger partial charge in [0.05, 0.1) is 12.2 Å². The van der Waals surface area contributed by atoms with E-state index in [1.807, 2.05) is 23.7 Å². The van der Waals surface area contributed by atoms with Crippen LogP contribution in [-0.2, 0) is 26.4 Å². The summed E-state index contributed by atoms with van der Waals surface area (Å²) in [5, 5.41) is 0.680. The SMILES string of the molecule is Cn1c(CN)nc(CCc2ccncc2)c1Cl. The normalized spacial score (nSPS) is 10.8. The number of aryl methyl sites for hydroxylation is 2. The third-order valence-corrected chi connectivity index (χ3v) is 3.24. The summed E-state index contributed by atoms with van der Waals surface area (Å²) < 4.78 is 1.84. The molecule has 0 aliphatic rings. The molecule has 0 amide bonds. The van der Waals surface area contributed by atoms with Gasteiger partial charge in [0, 0.05) is 19.4 Å². The van der Waals surface area contributed by atoms with E-state index in [1.54, 1.807) is 12.4 Å². The highest BCUT2D eigenvalue weighted by atomic mass is 35.5. The molecule has 0 fully saturated rings. The van der Waals surface area contributed by atoms with Gasteiger partial charge in [0.1, 0.15) is 11.0 Å². The average molecular weight is 251 g/mol. The molecule has 0 saturated heterocycles. The molecule has 0 atom stereocenters. The zero-order valence-corrected chi connectivity index (χ0v) is 10.5. The largest absolute Gasteiger partial charge is 0.324 e. The first-order chi connectivity index (χ1) is 8.22. The van der Waals surface area contributed by atoms with Crippen LogP contribution in [0.5, 0.6) is 0 Å². The number of aromatic nitrogens is 3. The molecule has 90 valence electrons. The quantitative estimate of drug-likeness (QED) is 0.899. The van der Waals surface area contributed by atoms with Gasteiger partial charge in [-0.25, -0.2) is 4.98 Å². The summed E-state index contributed by atoms with van der Waals surface area (Å²) in [6.45, 7) is 0.408. The van der Waals surface area contributed by atoms with E-state index in [0.717, 1.165) is 24.4 Å². The molecule has 0 aromatic carbocycles. The Bertz CT molecular complexity index is 493. The van der Waals surface area contributed by atoms with Crippen LogP contribution in [0.25, 0.3) is 0 Å². The highest BCUT2D eigenvalue weighted by Gasteiger charge is 2.11. The van der Waals surface area contributed by atoms with Crippen LogP contribution in [0.4, 0.5) is 0 Å². The molecule has 0 aliphatic heterocycles. The Morgan fingerprint density at radius 2 is 2.00 bits per heavy atom. The fourth-order valence-corrected chi connectivity index (χ4v) is 1.97. The lowest BCUT2D eigenvalue weighted by molar-refractivity contribution is 0.793. The van der Waals surface area contributed by atoms with E-state index >= 15 is 0 Å². The van der Waals surface area contributed by atoms with Gasteiger partial charge in [0.2, 0.25) is 0 Å². The van der Waals surface area contributed by atoms with Crippen LogP contribution >= 0.6 is 11.6 Å². The van der Waals surface area contributed by atoms with Crippen molar-refractivity contribution in [2.45, 2.75) is 19.4 Å². The minimum atomic E-state index is 0.408. The number of imidazole rings is 1. The summed E-state index contributed by atoms with van der Waals surface area (Å²) in [6, 6.07) is 4.00. The van der Waals surface area contributed by atoms with E-state index in [1.165, 1.54) is 5.56 Å². The monoisotopic (exact) mass is 250 g/mol. The van der Waals surface area contributed by atoms with Crippen molar-refractivity contribution < 1.29 is 0 Å². The Hall–Kier alpha value is -1.39. The Morgan fingerprint density at radius 3 is 2.59 bits per heavy atom. The van der Waals surface area contributed by atoms with Crippen molar-refractivity contribution >= 4 is 11.6 Å². The summed E-state index contributed by atoms with van der Waals surface area (Å²) in [5.74, 6) is 0.819. The summed E-state index contributed by atoms with van der Waals surface area (Å²) in [5.41, 5.74) is 7.73. The Kier molecular flexibility index (Phi) is 3.76. The lowest BCUT2D eigenvalue weighted by Crippen LogP contribution is -2.04. The predicted molar refractivity (Wildman–Crippen MR) is 67.8 cm³/mol. The maximum atomic E-state index is 6.19. The Morgan fingerprint density at radius 1 is 1.29 bits per heavy atom. The van der Waals surface area contributed by atoms with E-state index in [-0.39, 0.29) is 0 Å². The lowest BCUT2D eigenvalue weighted by Gasteiger charge is -1.99. The second kappa shape index (κ2) is 5.29. The van der Waals surface area contributed by atoms with Crippen molar-refractivity contribution in [3.63, 3.8) is 0 Å². The maximum absolute atomic E-state index is 6.19. The Labute approximate surface area is 105 Å². The van der Waals surface area contributed by atoms with Crippen LogP contribution in [0.15, 0.2) is 24.5 Å². The van der Waals surface area contributed by atoms with E-state index in [4.69, 9.17) is 17.3 Å². The van der Waals surface area contributed by atoms with Crippen LogP contribution in [0.2, 0.25) is 5.15 Å². The molecule has 5 heteroatoms. The summed E-state index contributed by atoms with van der Waals surface area (Å²) >= 11 is 6.19. The number of nitrogens with zero attached hydrogens (tertiary/aromatic N) is 3. The molecule has 17 heavy (non-hydrogen) atoms. The van der Waals surface area contributed by atoms with Crippen LogP contribution < -0.4 is 5.73 Å². The van der Waals surface area contributed by atoms with Gasteiger partial charge in [-0.3, -0.25) is 4.98 Å². The molecule has 2 rings (SSSR count). The van der Waals surface area contributed by atoms with Crippen molar-refractivity contribution in [1.29, 1.82) is 0 Å². The second-order valence-electron chi connectivity index (χ2n) is 3.88. The van der Waals surface area contributed by atoms with Crippen molar-refractivity contribution in [2.75, 3.05) is 0 Å². The molecular weight excluding hydrogens is 236 g/mol. The first-order valence-electron chi connectivity index (χ1n) is 5.51. The third-order valence-electron chi connectivity index (χ3n) is 2.77. The first kappa shape index (κ1) is 12.1. The molecule has 0 unspecified atom stereocenters. The van der Waals surface area contributed by atoms with Gasteiger partial charge >= 0.3 is 0 Å². The third kappa shape index (κ3) is 2.65. The number of halogens is 1. The topological polar surface area (TPSA) is 56.7 Å². The molecule has 4 nitrogen and oxygen atoms in total. The zero-order valence-electron chi connectivity index (χ0n) is 9.73. The van der Waals surface area contributed by atoms with Gasteiger partial charge in [0.25, 0.3) is 0 Å². The van der Waals surface area contributed by atoms with Gasteiger partial charge in [-0.15, -0.1) is 0 Å². The summed E-state index contributed by atoms with van der Waals surface area (Å²) in [4.78, 5) is 8.42. The van der Waals surface area contributed by atoms with Crippen molar-refractivity contribution in [3.05, 3.63) is 46.8 Å². The Balaban J connectivity index is 2.09. The van der Waals surface area contributed by atoms with Gasteiger partial charge in [-0.1, -0.05) is 11.6 Å². The zero-order chi connectivity index (χ0) is 12.3. The molecule has 0 aliphatic carbocycles. The van der Waals surface area contributed by atoms with Gasteiger partial charge in [0.15, 0.2) is 0 Å². The van der Waals surface area contributed by atoms with Crippen LogP contribution in [0, 0.1) is 0 Å². The van der Waals surface area contributed by atoms with Crippen molar-refractivity contribution in [1.82, 2.24) is 14.5 Å². The van der Waals surface area contributed by atoms with E-state index in [2.05, 4.69) is 9.97 Å². The van der Waals surface area contributed by atoms with Gasteiger partial charge in [-0.2, -0.15) is 0 Å². The average Bonchev–Trinajstić information content (AvgIpc) is 2.65. The molecule has 2 aromatic rings. The van der Waals surface area contributed by atoms with E-state index < -0.39 is 0 Å². The molecule has 2 heterocycles. The van der Waals surface area contributed by atoms with Gasteiger partial charge < -0.3 is 10.3 Å².